The van der Waals surface area contributed by atoms with Gasteiger partial charge in [0.15, 0.2) is 0 Å². The number of benzene rings is 2. The van der Waals surface area contributed by atoms with Gasteiger partial charge in [0, 0.05) is 0 Å². The van der Waals surface area contributed by atoms with Crippen LogP contribution in [0.1, 0.15) is 24.1 Å². The van der Waals surface area contributed by atoms with Crippen molar-refractivity contribution in [2.45, 2.75) is 19.4 Å². The van der Waals surface area contributed by atoms with Crippen molar-refractivity contribution in [3.05, 3.63) is 59.7 Å². The first kappa shape index (κ1) is 11.1. The van der Waals surface area contributed by atoms with Gasteiger partial charge in [-0.25, -0.2) is 0 Å². The highest BCUT2D eigenvalue weighted by atomic mass is 16.5. The maximum Gasteiger partial charge on any atom is 0.142 e. The largest absolute Gasteiger partial charge is 0.489 e. The summed E-state index contributed by atoms with van der Waals surface area (Å²) in [5.74, 6) is 0.958. The summed E-state index contributed by atoms with van der Waals surface area (Å²) in [7, 11) is 0. The van der Waals surface area contributed by atoms with Crippen LogP contribution in [0.5, 0.6) is 5.75 Å². The molecule has 1 N–H and O–H groups in total. The minimum Gasteiger partial charge on any atom is -0.489 e. The van der Waals surface area contributed by atoms with Gasteiger partial charge in [-0.1, -0.05) is 43.3 Å². The molecule has 2 aromatic rings. The highest BCUT2D eigenvalue weighted by Gasteiger charge is 2.20. The third kappa shape index (κ3) is 2.06. The summed E-state index contributed by atoms with van der Waals surface area (Å²) < 4.78 is 5.83. The molecule has 0 aromatic heterocycles. The molecule has 0 amide bonds. The Kier molecular flexibility index (Phi) is 2.93. The van der Waals surface area contributed by atoms with Crippen molar-refractivity contribution in [1.29, 1.82) is 0 Å². The van der Waals surface area contributed by atoms with Gasteiger partial charge in [0.05, 0.1) is 11.7 Å². The second kappa shape index (κ2) is 4.73. The molecule has 0 bridgehead atoms. The normalized spacial score (nSPS) is 17.5. The van der Waals surface area contributed by atoms with E-state index in [0.29, 0.717) is 6.61 Å². The molecule has 1 aliphatic heterocycles. The fourth-order valence-corrected chi connectivity index (χ4v) is 2.30. The number of anilines is 1. The summed E-state index contributed by atoms with van der Waals surface area (Å²) in [6, 6.07) is 17.0. The molecule has 0 saturated heterocycles. The van der Waals surface area contributed by atoms with E-state index in [2.05, 4.69) is 54.7 Å². The van der Waals surface area contributed by atoms with Gasteiger partial charge in [0.1, 0.15) is 12.4 Å². The van der Waals surface area contributed by atoms with Crippen molar-refractivity contribution in [1.82, 2.24) is 0 Å². The third-order valence-corrected chi connectivity index (χ3v) is 3.39. The van der Waals surface area contributed by atoms with Crippen LogP contribution in [-0.4, -0.2) is 6.61 Å². The standard InChI is InChI=1S/C16H17NO/c1-2-12-8-9-16-14(10-12)17-15(11-18-16)13-6-4-3-5-7-13/h3-10,15,17H,2,11H2,1H3. The lowest BCUT2D eigenvalue weighted by atomic mass is 10.0. The quantitative estimate of drug-likeness (QED) is 0.860. The van der Waals surface area contributed by atoms with Gasteiger partial charge in [0.25, 0.3) is 0 Å². The number of fused-ring (bicyclic) bond motifs is 1. The predicted octanol–water partition coefficient (Wildman–Crippen LogP) is 3.79. The van der Waals surface area contributed by atoms with Crippen LogP contribution in [0.15, 0.2) is 48.5 Å². The van der Waals surface area contributed by atoms with Crippen molar-refractivity contribution in [3.63, 3.8) is 0 Å². The maximum atomic E-state index is 5.83. The minimum atomic E-state index is 0.241. The minimum absolute atomic E-state index is 0.241. The molecule has 0 radical (unpaired) electrons. The Hall–Kier alpha value is -1.96. The Morgan fingerprint density at radius 3 is 2.78 bits per heavy atom. The number of ether oxygens (including phenoxy) is 1. The van der Waals surface area contributed by atoms with Crippen molar-refractivity contribution in [2.75, 3.05) is 11.9 Å². The molecular formula is C16H17NO. The molecule has 0 fully saturated rings. The van der Waals surface area contributed by atoms with Gasteiger partial charge in [0.2, 0.25) is 0 Å². The molecule has 0 saturated carbocycles. The molecule has 18 heavy (non-hydrogen) atoms. The van der Waals surface area contributed by atoms with E-state index < -0.39 is 0 Å². The van der Waals surface area contributed by atoms with Crippen molar-refractivity contribution in [2.24, 2.45) is 0 Å². The molecule has 0 aliphatic carbocycles. The van der Waals surface area contributed by atoms with Crippen LogP contribution in [-0.2, 0) is 6.42 Å². The topological polar surface area (TPSA) is 21.3 Å². The van der Waals surface area contributed by atoms with Crippen LogP contribution in [0.25, 0.3) is 0 Å². The van der Waals surface area contributed by atoms with E-state index >= 15 is 0 Å². The molecule has 0 spiro atoms. The first-order valence-corrected chi connectivity index (χ1v) is 6.44. The van der Waals surface area contributed by atoms with Gasteiger partial charge in [-0.15, -0.1) is 0 Å². The van der Waals surface area contributed by atoms with E-state index in [0.717, 1.165) is 17.9 Å². The van der Waals surface area contributed by atoms with Gasteiger partial charge >= 0.3 is 0 Å². The zero-order valence-corrected chi connectivity index (χ0v) is 10.5. The SMILES string of the molecule is CCc1ccc2c(c1)NC(c1ccccc1)CO2. The highest BCUT2D eigenvalue weighted by Crippen LogP contribution is 2.34. The highest BCUT2D eigenvalue weighted by molar-refractivity contribution is 5.60. The molecule has 2 aromatic carbocycles. The number of rotatable bonds is 2. The molecular weight excluding hydrogens is 222 g/mol. The lowest BCUT2D eigenvalue weighted by Gasteiger charge is -2.28. The van der Waals surface area contributed by atoms with Gasteiger partial charge in [-0.2, -0.15) is 0 Å². The number of hydrogen-bond donors (Lipinski definition) is 1. The monoisotopic (exact) mass is 239 g/mol. The number of nitrogens with one attached hydrogen (secondary N) is 1. The molecule has 2 nitrogen and oxygen atoms in total. The molecule has 1 heterocycles. The molecule has 1 atom stereocenters. The van der Waals surface area contributed by atoms with Crippen molar-refractivity contribution in [3.8, 4) is 5.75 Å². The fraction of sp³-hybridized carbons (Fsp3) is 0.250. The Morgan fingerprint density at radius 2 is 2.00 bits per heavy atom. The van der Waals surface area contributed by atoms with Crippen molar-refractivity contribution < 1.29 is 4.74 Å². The summed E-state index contributed by atoms with van der Waals surface area (Å²) in [5, 5.41) is 3.56. The first-order chi connectivity index (χ1) is 8.86. The Balaban J connectivity index is 1.88. The summed E-state index contributed by atoms with van der Waals surface area (Å²) in [5.41, 5.74) is 3.71. The van der Waals surface area contributed by atoms with Gasteiger partial charge in [-0.05, 0) is 29.7 Å². The zero-order chi connectivity index (χ0) is 12.4. The summed E-state index contributed by atoms with van der Waals surface area (Å²) in [6.45, 7) is 2.85. The second-order valence-electron chi connectivity index (χ2n) is 4.60. The Morgan fingerprint density at radius 1 is 1.17 bits per heavy atom. The van der Waals surface area contributed by atoms with Crippen molar-refractivity contribution >= 4 is 5.69 Å². The lowest BCUT2D eigenvalue weighted by molar-refractivity contribution is 0.286. The lowest BCUT2D eigenvalue weighted by Crippen LogP contribution is -2.23. The van der Waals surface area contributed by atoms with Crippen LogP contribution in [0, 0.1) is 0 Å². The third-order valence-electron chi connectivity index (χ3n) is 3.39. The van der Waals surface area contributed by atoms with E-state index in [1.54, 1.807) is 0 Å². The smallest absolute Gasteiger partial charge is 0.142 e. The van der Waals surface area contributed by atoms with Crippen LogP contribution in [0.2, 0.25) is 0 Å². The van der Waals surface area contributed by atoms with E-state index in [-0.39, 0.29) is 6.04 Å². The molecule has 2 heteroatoms. The van der Waals surface area contributed by atoms with E-state index in [1.165, 1.54) is 11.1 Å². The molecule has 92 valence electrons. The summed E-state index contributed by atoms with van der Waals surface area (Å²) >= 11 is 0. The van der Waals surface area contributed by atoms with Gasteiger partial charge in [-0.3, -0.25) is 0 Å². The number of hydrogen-bond acceptors (Lipinski definition) is 2. The number of aryl methyl sites for hydroxylation is 1. The first-order valence-electron chi connectivity index (χ1n) is 6.44. The van der Waals surface area contributed by atoms with E-state index in [9.17, 15) is 0 Å². The van der Waals surface area contributed by atoms with Crippen LogP contribution < -0.4 is 10.1 Å². The predicted molar refractivity (Wildman–Crippen MR) is 74.1 cm³/mol. The zero-order valence-electron chi connectivity index (χ0n) is 10.5. The molecule has 1 unspecified atom stereocenters. The second-order valence-corrected chi connectivity index (χ2v) is 4.60. The van der Waals surface area contributed by atoms with Crippen LogP contribution in [0.3, 0.4) is 0 Å². The maximum absolute atomic E-state index is 5.83. The molecule has 1 aliphatic rings. The van der Waals surface area contributed by atoms with Crippen LogP contribution in [0.4, 0.5) is 5.69 Å². The van der Waals surface area contributed by atoms with Crippen LogP contribution >= 0.6 is 0 Å². The Labute approximate surface area is 108 Å². The summed E-state index contributed by atoms with van der Waals surface area (Å²) in [6.07, 6.45) is 1.05. The summed E-state index contributed by atoms with van der Waals surface area (Å²) in [4.78, 5) is 0. The van der Waals surface area contributed by atoms with Gasteiger partial charge < -0.3 is 10.1 Å². The molecule has 3 rings (SSSR count). The average Bonchev–Trinajstić information content (AvgIpc) is 2.47. The average molecular weight is 239 g/mol. The van der Waals surface area contributed by atoms with E-state index in [4.69, 9.17) is 4.74 Å². The fourth-order valence-electron chi connectivity index (χ4n) is 2.30. The van der Waals surface area contributed by atoms with E-state index in [1.807, 2.05) is 6.07 Å². The Bertz CT molecular complexity index is 536.